The van der Waals surface area contributed by atoms with Gasteiger partial charge in [-0.1, -0.05) is 40.5 Å². The first kappa shape index (κ1) is 22.7. The molecule has 0 amide bonds. The van der Waals surface area contributed by atoms with Crippen LogP contribution in [0.1, 0.15) is 74.4 Å². The van der Waals surface area contributed by atoms with E-state index in [1.54, 1.807) is 0 Å². The van der Waals surface area contributed by atoms with E-state index in [0.29, 0.717) is 29.2 Å². The zero-order valence-corrected chi connectivity index (χ0v) is 18.6. The lowest BCUT2D eigenvalue weighted by atomic mass is 9.85. The van der Waals surface area contributed by atoms with E-state index >= 15 is 0 Å². The van der Waals surface area contributed by atoms with E-state index in [0.717, 1.165) is 37.0 Å². The molecule has 1 aromatic carbocycles. The van der Waals surface area contributed by atoms with Crippen LogP contribution in [0.4, 0.5) is 0 Å². The number of aromatic amines is 1. The quantitative estimate of drug-likeness (QED) is 0.525. The lowest BCUT2D eigenvalue weighted by Gasteiger charge is -2.22. The summed E-state index contributed by atoms with van der Waals surface area (Å²) in [7, 11) is 0. The van der Waals surface area contributed by atoms with Crippen molar-refractivity contribution in [2.45, 2.75) is 59.3 Å². The topological polar surface area (TPSA) is 109 Å². The number of H-pyrrole nitrogens is 1. The molecule has 1 aliphatic rings. The highest BCUT2D eigenvalue weighted by Gasteiger charge is 2.33. The maximum Gasteiger partial charge on any atom is 0.345 e. The second kappa shape index (κ2) is 9.45. The number of carboxylic acids is 1. The third kappa shape index (κ3) is 4.40. The minimum atomic E-state index is -1.46. The summed E-state index contributed by atoms with van der Waals surface area (Å²) in [4.78, 5) is 26.9. The van der Waals surface area contributed by atoms with Crippen LogP contribution < -0.4 is 15.0 Å². The minimum absolute atomic E-state index is 0.0434. The molecule has 0 fully saturated rings. The Bertz CT molecular complexity index is 1020. The van der Waals surface area contributed by atoms with E-state index in [-0.39, 0.29) is 18.4 Å². The Labute approximate surface area is 182 Å². The van der Waals surface area contributed by atoms with E-state index in [4.69, 9.17) is 9.47 Å². The number of pyridine rings is 1. The number of aromatic carboxylic acids is 1. The molecule has 2 heterocycles. The Kier molecular flexibility index (Phi) is 6.93. The van der Waals surface area contributed by atoms with Crippen molar-refractivity contribution in [3.8, 4) is 28.5 Å². The van der Waals surface area contributed by atoms with Crippen molar-refractivity contribution in [3.63, 3.8) is 0 Å². The van der Waals surface area contributed by atoms with Crippen molar-refractivity contribution < 1.29 is 24.5 Å². The van der Waals surface area contributed by atoms with Gasteiger partial charge in [0.05, 0.1) is 18.9 Å². The molecule has 7 heteroatoms. The Morgan fingerprint density at radius 2 is 2.03 bits per heavy atom. The number of aromatic nitrogens is 1. The van der Waals surface area contributed by atoms with Crippen LogP contribution in [0.3, 0.4) is 0 Å². The molecule has 0 radical (unpaired) electrons. The number of aryl methyl sites for hydroxylation is 1. The molecule has 0 bridgehead atoms. The number of rotatable bonds is 8. The number of fused-ring (bicyclic) bond motifs is 3. The lowest BCUT2D eigenvalue weighted by molar-refractivity contribution is 0.0691. The van der Waals surface area contributed by atoms with Crippen LogP contribution in [-0.2, 0) is 6.42 Å². The number of unbranched alkanes of at least 4 members (excludes halogenated alkanes) is 1. The van der Waals surface area contributed by atoms with Crippen LogP contribution in [0.15, 0.2) is 16.9 Å². The lowest BCUT2D eigenvalue weighted by Crippen LogP contribution is -2.23. The van der Waals surface area contributed by atoms with Gasteiger partial charge in [-0.05, 0) is 30.4 Å². The van der Waals surface area contributed by atoms with Crippen molar-refractivity contribution >= 4 is 5.97 Å². The molecular weight excluding hydrogens is 398 g/mol. The first-order chi connectivity index (χ1) is 14.8. The van der Waals surface area contributed by atoms with Crippen LogP contribution in [0.25, 0.3) is 11.3 Å². The van der Waals surface area contributed by atoms with Gasteiger partial charge in [0.15, 0.2) is 5.56 Å². The normalized spacial score (nSPS) is 15.1. The molecule has 0 aliphatic carbocycles. The van der Waals surface area contributed by atoms with Crippen molar-refractivity contribution in [3.05, 3.63) is 39.2 Å². The zero-order valence-electron chi connectivity index (χ0n) is 18.6. The fourth-order valence-corrected chi connectivity index (χ4v) is 4.01. The van der Waals surface area contributed by atoms with Gasteiger partial charge in [0.2, 0.25) is 0 Å². The molecule has 1 atom stereocenters. The number of nitrogens with one attached hydrogen (secondary N) is 1. The number of aromatic hydroxyl groups is 1. The maximum atomic E-state index is 12.5. The number of carboxylic acid groups (broad SMARTS) is 1. The number of hydrogen-bond donors (Lipinski definition) is 3. The van der Waals surface area contributed by atoms with Crippen molar-refractivity contribution in [2.24, 2.45) is 5.92 Å². The molecule has 0 spiro atoms. The molecule has 2 aromatic rings. The summed E-state index contributed by atoms with van der Waals surface area (Å²) < 4.78 is 12.1. The van der Waals surface area contributed by atoms with E-state index in [1.165, 1.54) is 0 Å². The van der Waals surface area contributed by atoms with Gasteiger partial charge in [-0.15, -0.1) is 0 Å². The summed E-state index contributed by atoms with van der Waals surface area (Å²) in [5.41, 5.74) is 0.968. The number of benzene rings is 1. The molecule has 1 aromatic heterocycles. The monoisotopic (exact) mass is 429 g/mol. The van der Waals surface area contributed by atoms with Crippen molar-refractivity contribution in [1.29, 1.82) is 0 Å². The molecule has 1 aliphatic heterocycles. The molecule has 0 unspecified atom stereocenters. The van der Waals surface area contributed by atoms with Gasteiger partial charge < -0.3 is 24.7 Å². The molecule has 7 nitrogen and oxygen atoms in total. The fourth-order valence-electron chi connectivity index (χ4n) is 4.01. The Balaban J connectivity index is 2.26. The van der Waals surface area contributed by atoms with E-state index < -0.39 is 22.8 Å². The van der Waals surface area contributed by atoms with Gasteiger partial charge in [-0.3, -0.25) is 4.79 Å². The van der Waals surface area contributed by atoms with Crippen LogP contribution in [0.5, 0.6) is 17.2 Å². The van der Waals surface area contributed by atoms with Crippen LogP contribution in [-0.4, -0.2) is 34.4 Å². The van der Waals surface area contributed by atoms with E-state index in [9.17, 15) is 19.8 Å². The fraction of sp³-hybridized carbons (Fsp3) is 0.500. The van der Waals surface area contributed by atoms with Gasteiger partial charge in [-0.2, -0.15) is 0 Å². The highest BCUT2D eigenvalue weighted by Crippen LogP contribution is 2.46. The molecular formula is C24H31NO6. The zero-order chi connectivity index (χ0) is 22.7. The van der Waals surface area contributed by atoms with Crippen LogP contribution in [0.2, 0.25) is 0 Å². The minimum Gasteiger partial charge on any atom is -0.506 e. The average molecular weight is 430 g/mol. The number of ether oxygens (including phenoxy) is 2. The average Bonchev–Trinajstić information content (AvgIpc) is 2.85. The summed E-state index contributed by atoms with van der Waals surface area (Å²) in [5, 5.41) is 20.3. The van der Waals surface area contributed by atoms with Gasteiger partial charge in [0, 0.05) is 23.1 Å². The second-order valence-electron chi connectivity index (χ2n) is 8.34. The van der Waals surface area contributed by atoms with Crippen molar-refractivity contribution in [1.82, 2.24) is 4.98 Å². The van der Waals surface area contributed by atoms with Gasteiger partial charge in [0.1, 0.15) is 17.2 Å². The number of carbonyl (C=O) groups is 1. The first-order valence-corrected chi connectivity index (χ1v) is 10.9. The third-order valence-corrected chi connectivity index (χ3v) is 5.74. The molecule has 31 heavy (non-hydrogen) atoms. The predicted octanol–water partition coefficient (Wildman–Crippen LogP) is 4.71. The van der Waals surface area contributed by atoms with E-state index in [1.807, 2.05) is 26.0 Å². The summed E-state index contributed by atoms with van der Waals surface area (Å²) in [6, 6.07) is 3.78. The standard InChI is InChI=1S/C24H31NO6/c1-5-7-9-30-17-11-18-15(10-14(17)8-6-2)21-19(16(12-31-18)13(3)4)22(26)20(24(28)29)23(27)25-21/h10-11,13,16H,5-9,12H2,1-4H3,(H,28,29)(H2,25,26,27)/t16-/m0/s1. The second-order valence-corrected chi connectivity index (χ2v) is 8.34. The Hall–Kier alpha value is -2.96. The largest absolute Gasteiger partial charge is 0.506 e. The van der Waals surface area contributed by atoms with Crippen LogP contribution >= 0.6 is 0 Å². The van der Waals surface area contributed by atoms with Gasteiger partial charge in [-0.25, -0.2) is 4.79 Å². The van der Waals surface area contributed by atoms with Crippen molar-refractivity contribution in [2.75, 3.05) is 13.2 Å². The maximum absolute atomic E-state index is 12.5. The van der Waals surface area contributed by atoms with Crippen LogP contribution in [0, 0.1) is 5.92 Å². The number of hydrogen-bond acceptors (Lipinski definition) is 5. The highest BCUT2D eigenvalue weighted by atomic mass is 16.5. The van der Waals surface area contributed by atoms with Gasteiger partial charge in [0.25, 0.3) is 5.56 Å². The molecule has 0 saturated heterocycles. The van der Waals surface area contributed by atoms with Gasteiger partial charge >= 0.3 is 5.97 Å². The first-order valence-electron chi connectivity index (χ1n) is 10.9. The van der Waals surface area contributed by atoms with E-state index in [2.05, 4.69) is 18.8 Å². The molecule has 3 N–H and O–H groups in total. The molecule has 0 saturated carbocycles. The summed E-state index contributed by atoms with van der Waals surface area (Å²) in [6.07, 6.45) is 3.66. The molecule has 3 rings (SSSR count). The SMILES string of the molecule is CCCCOc1cc2c(cc1CCC)-c1[nH]c(=O)c(C(=O)O)c(O)c1[C@H](C(C)C)CO2. The highest BCUT2D eigenvalue weighted by molar-refractivity contribution is 5.92. The summed E-state index contributed by atoms with van der Waals surface area (Å²) in [6.45, 7) is 8.98. The summed E-state index contributed by atoms with van der Waals surface area (Å²) in [5.74, 6) is -0.887. The third-order valence-electron chi connectivity index (χ3n) is 5.74. The summed E-state index contributed by atoms with van der Waals surface area (Å²) >= 11 is 0. The predicted molar refractivity (Wildman–Crippen MR) is 119 cm³/mol. The molecule has 168 valence electrons. The smallest absolute Gasteiger partial charge is 0.345 e. The Morgan fingerprint density at radius 1 is 1.29 bits per heavy atom. The Morgan fingerprint density at radius 3 is 2.65 bits per heavy atom.